The molecule has 2 aromatic rings. The SMILES string of the molecule is Cc1ncc(I)c(=O)n1CC(=O)c1ccccc1Cl. The second kappa shape index (κ2) is 5.83. The van der Waals surface area contributed by atoms with Crippen molar-refractivity contribution in [2.45, 2.75) is 13.5 Å². The zero-order valence-electron chi connectivity index (χ0n) is 10.1. The highest BCUT2D eigenvalue weighted by Gasteiger charge is 2.13. The summed E-state index contributed by atoms with van der Waals surface area (Å²) >= 11 is 7.87. The van der Waals surface area contributed by atoms with Crippen LogP contribution in [-0.2, 0) is 6.54 Å². The summed E-state index contributed by atoms with van der Waals surface area (Å²) in [4.78, 5) is 28.2. The standard InChI is InChI=1S/C13H10ClIN2O2/c1-8-16-6-11(15)13(19)17(8)7-12(18)9-4-2-3-5-10(9)14/h2-6H,7H2,1H3. The third-order valence-electron chi connectivity index (χ3n) is 2.68. The topological polar surface area (TPSA) is 52.0 Å². The van der Waals surface area contributed by atoms with Gasteiger partial charge in [0, 0.05) is 11.8 Å². The van der Waals surface area contributed by atoms with E-state index in [9.17, 15) is 9.59 Å². The van der Waals surface area contributed by atoms with Crippen molar-refractivity contribution >= 4 is 40.0 Å². The summed E-state index contributed by atoms with van der Waals surface area (Å²) in [6.07, 6.45) is 1.49. The first kappa shape index (κ1) is 14.2. The van der Waals surface area contributed by atoms with E-state index in [-0.39, 0.29) is 17.9 Å². The van der Waals surface area contributed by atoms with Gasteiger partial charge >= 0.3 is 0 Å². The molecule has 1 aromatic carbocycles. The number of benzene rings is 1. The largest absolute Gasteiger partial charge is 0.292 e. The fraction of sp³-hybridized carbons (Fsp3) is 0.154. The highest BCUT2D eigenvalue weighted by atomic mass is 127. The quantitative estimate of drug-likeness (QED) is 0.600. The van der Waals surface area contributed by atoms with Crippen molar-refractivity contribution in [3.63, 3.8) is 0 Å². The molecule has 4 nitrogen and oxygen atoms in total. The lowest BCUT2D eigenvalue weighted by atomic mass is 10.1. The second-order valence-electron chi connectivity index (χ2n) is 3.95. The molecule has 0 radical (unpaired) electrons. The van der Waals surface area contributed by atoms with Gasteiger partial charge in [-0.15, -0.1) is 0 Å². The molecule has 0 saturated heterocycles. The van der Waals surface area contributed by atoms with Crippen LogP contribution in [0, 0.1) is 10.5 Å². The number of Topliss-reactive ketones (excluding diaryl/α,β-unsaturated/α-hetero) is 1. The molecule has 0 fully saturated rings. The minimum absolute atomic E-state index is 0.0573. The average molecular weight is 389 g/mol. The Morgan fingerprint density at radius 2 is 2.11 bits per heavy atom. The third-order valence-corrected chi connectivity index (χ3v) is 3.75. The molecule has 0 saturated carbocycles. The third kappa shape index (κ3) is 3.03. The summed E-state index contributed by atoms with van der Waals surface area (Å²) in [6, 6.07) is 6.79. The molecular weight excluding hydrogens is 379 g/mol. The molecule has 0 unspecified atom stereocenters. The maximum Gasteiger partial charge on any atom is 0.267 e. The molecule has 19 heavy (non-hydrogen) atoms. The van der Waals surface area contributed by atoms with Crippen LogP contribution in [0.25, 0.3) is 0 Å². The molecular formula is C13H10ClIN2O2. The van der Waals surface area contributed by atoms with Gasteiger partial charge in [-0.25, -0.2) is 4.98 Å². The Morgan fingerprint density at radius 3 is 2.79 bits per heavy atom. The molecule has 0 N–H and O–H groups in total. The van der Waals surface area contributed by atoms with Crippen LogP contribution in [0.4, 0.5) is 0 Å². The maximum atomic E-state index is 12.2. The molecule has 1 heterocycles. The number of nitrogens with zero attached hydrogens (tertiary/aromatic N) is 2. The zero-order chi connectivity index (χ0) is 14.0. The minimum atomic E-state index is -0.214. The molecule has 0 amide bonds. The Morgan fingerprint density at radius 1 is 1.42 bits per heavy atom. The number of aromatic nitrogens is 2. The van der Waals surface area contributed by atoms with Gasteiger partial charge < -0.3 is 0 Å². The van der Waals surface area contributed by atoms with Crippen LogP contribution < -0.4 is 5.56 Å². The van der Waals surface area contributed by atoms with E-state index in [1.807, 2.05) is 22.6 Å². The van der Waals surface area contributed by atoms with Crippen LogP contribution in [0.15, 0.2) is 35.3 Å². The van der Waals surface area contributed by atoms with Crippen molar-refractivity contribution in [1.82, 2.24) is 9.55 Å². The van der Waals surface area contributed by atoms with Gasteiger partial charge in [0.2, 0.25) is 0 Å². The van der Waals surface area contributed by atoms with Gasteiger partial charge in [-0.2, -0.15) is 0 Å². The Balaban J connectivity index is 2.38. The summed E-state index contributed by atoms with van der Waals surface area (Å²) in [5.41, 5.74) is 0.197. The van der Waals surface area contributed by atoms with E-state index in [2.05, 4.69) is 4.98 Å². The molecule has 0 atom stereocenters. The van der Waals surface area contributed by atoms with E-state index in [0.29, 0.717) is 20.0 Å². The molecule has 0 spiro atoms. The lowest BCUT2D eigenvalue weighted by Crippen LogP contribution is -2.29. The van der Waals surface area contributed by atoms with Crippen molar-refractivity contribution in [2.75, 3.05) is 0 Å². The zero-order valence-corrected chi connectivity index (χ0v) is 13.0. The molecule has 2 rings (SSSR count). The minimum Gasteiger partial charge on any atom is -0.292 e. The van der Waals surface area contributed by atoms with Crippen LogP contribution in [0.3, 0.4) is 0 Å². The number of ketones is 1. The van der Waals surface area contributed by atoms with Crippen molar-refractivity contribution in [2.24, 2.45) is 0 Å². The Hall–Kier alpha value is -1.21. The van der Waals surface area contributed by atoms with Gasteiger partial charge in [-0.1, -0.05) is 23.7 Å². The first-order valence-corrected chi connectivity index (χ1v) is 6.96. The molecule has 1 aromatic heterocycles. The number of halogens is 2. The predicted octanol–water partition coefficient (Wildman–Crippen LogP) is 2.69. The van der Waals surface area contributed by atoms with Gasteiger partial charge in [-0.05, 0) is 41.6 Å². The predicted molar refractivity (Wildman–Crippen MR) is 81.7 cm³/mol. The lowest BCUT2D eigenvalue weighted by molar-refractivity contribution is 0.0969. The summed E-state index contributed by atoms with van der Waals surface area (Å²) in [7, 11) is 0. The highest BCUT2D eigenvalue weighted by Crippen LogP contribution is 2.16. The van der Waals surface area contributed by atoms with Crippen molar-refractivity contribution in [3.05, 3.63) is 60.8 Å². The van der Waals surface area contributed by atoms with Crippen LogP contribution in [-0.4, -0.2) is 15.3 Å². The molecule has 0 aliphatic carbocycles. The van der Waals surface area contributed by atoms with E-state index >= 15 is 0 Å². The first-order valence-electron chi connectivity index (χ1n) is 5.50. The molecule has 98 valence electrons. The molecule has 0 aliphatic rings. The van der Waals surface area contributed by atoms with E-state index in [4.69, 9.17) is 11.6 Å². The Kier molecular flexibility index (Phi) is 4.36. The fourth-order valence-corrected chi connectivity index (χ4v) is 2.32. The van der Waals surface area contributed by atoms with E-state index in [1.165, 1.54) is 10.8 Å². The van der Waals surface area contributed by atoms with Crippen LogP contribution in [0.1, 0.15) is 16.2 Å². The van der Waals surface area contributed by atoms with E-state index in [1.54, 1.807) is 31.2 Å². The molecule has 0 bridgehead atoms. The van der Waals surface area contributed by atoms with E-state index in [0.717, 1.165) is 0 Å². The van der Waals surface area contributed by atoms with Crippen LogP contribution in [0.2, 0.25) is 5.02 Å². The number of hydrogen-bond donors (Lipinski definition) is 0. The van der Waals surface area contributed by atoms with Gasteiger partial charge in [0.1, 0.15) is 5.82 Å². The Bertz CT molecular complexity index is 697. The fourth-order valence-electron chi connectivity index (χ4n) is 1.65. The van der Waals surface area contributed by atoms with Gasteiger partial charge in [0.05, 0.1) is 15.1 Å². The summed E-state index contributed by atoms with van der Waals surface area (Å²) in [5.74, 6) is 0.297. The van der Waals surface area contributed by atoms with Crippen molar-refractivity contribution in [1.29, 1.82) is 0 Å². The maximum absolute atomic E-state index is 12.2. The van der Waals surface area contributed by atoms with Crippen LogP contribution >= 0.6 is 34.2 Å². The van der Waals surface area contributed by atoms with E-state index < -0.39 is 0 Å². The number of aryl methyl sites for hydroxylation is 1. The summed E-state index contributed by atoms with van der Waals surface area (Å²) in [5, 5.41) is 0.386. The number of hydrogen-bond acceptors (Lipinski definition) is 3. The highest BCUT2D eigenvalue weighted by molar-refractivity contribution is 14.1. The Labute approximate surface area is 128 Å². The van der Waals surface area contributed by atoms with Gasteiger partial charge in [0.25, 0.3) is 5.56 Å². The molecule has 0 aliphatic heterocycles. The average Bonchev–Trinajstić information content (AvgIpc) is 2.39. The second-order valence-corrected chi connectivity index (χ2v) is 5.52. The number of rotatable bonds is 3. The smallest absolute Gasteiger partial charge is 0.267 e. The number of carbonyl (C=O) groups excluding carboxylic acids is 1. The van der Waals surface area contributed by atoms with Crippen LogP contribution in [0.5, 0.6) is 0 Å². The summed E-state index contributed by atoms with van der Waals surface area (Å²) < 4.78 is 1.84. The monoisotopic (exact) mass is 388 g/mol. The lowest BCUT2D eigenvalue weighted by Gasteiger charge is -2.09. The van der Waals surface area contributed by atoms with Gasteiger partial charge in [0.15, 0.2) is 5.78 Å². The van der Waals surface area contributed by atoms with Gasteiger partial charge in [-0.3, -0.25) is 14.2 Å². The normalized spacial score (nSPS) is 10.5. The first-order chi connectivity index (χ1) is 9.00. The number of carbonyl (C=O) groups is 1. The molecule has 6 heteroatoms. The van der Waals surface area contributed by atoms with Crippen molar-refractivity contribution in [3.8, 4) is 0 Å². The summed E-state index contributed by atoms with van der Waals surface area (Å²) in [6.45, 7) is 1.63. The van der Waals surface area contributed by atoms with Crippen molar-refractivity contribution < 1.29 is 4.79 Å².